The van der Waals surface area contributed by atoms with Gasteiger partial charge in [-0.25, -0.2) is 0 Å². The van der Waals surface area contributed by atoms with Gasteiger partial charge in [0.1, 0.15) is 12.2 Å². The maximum absolute atomic E-state index is 12.6. The fourth-order valence-corrected chi connectivity index (χ4v) is 3.77. The van der Waals surface area contributed by atoms with Crippen LogP contribution in [0.15, 0.2) is 4.79 Å². The second kappa shape index (κ2) is 8.62. The van der Waals surface area contributed by atoms with Gasteiger partial charge < -0.3 is 25.3 Å². The molecule has 1 aromatic rings. The third kappa shape index (κ3) is 5.90. The highest BCUT2D eigenvalue weighted by atomic mass is 31.2. The Balaban J connectivity index is 2.69. The first-order valence-corrected chi connectivity index (χ1v) is 9.44. The molecule has 1 rings (SSSR count). The molecular weight excluding hydrogens is 335 g/mol. The van der Waals surface area contributed by atoms with E-state index in [2.05, 4.69) is 4.98 Å². The normalized spacial score (nSPS) is 12.3. The van der Waals surface area contributed by atoms with Crippen LogP contribution in [0.25, 0.3) is 0 Å². The maximum Gasteiger partial charge on any atom is 0.356 e. The minimum absolute atomic E-state index is 0.00624. The van der Waals surface area contributed by atoms with Gasteiger partial charge in [0, 0.05) is 0 Å². The van der Waals surface area contributed by atoms with Gasteiger partial charge in [-0.05, 0) is 34.6 Å². The summed E-state index contributed by atoms with van der Waals surface area (Å²) in [7, 11) is -3.37. The lowest BCUT2D eigenvalue weighted by molar-refractivity contribution is 0.0957. The van der Waals surface area contributed by atoms with E-state index < -0.39 is 7.60 Å². The van der Waals surface area contributed by atoms with Crippen LogP contribution in [0.1, 0.15) is 33.3 Å². The summed E-state index contributed by atoms with van der Waals surface area (Å²) in [6.45, 7) is 8.88. The molecule has 0 aliphatic rings. The van der Waals surface area contributed by atoms with Crippen molar-refractivity contribution in [1.29, 1.82) is 0 Å². The predicted octanol–water partition coefficient (Wildman–Crippen LogP) is 1.73. The fraction of sp³-hybridized carbons (Fsp3) is 0.714. The molecule has 10 heteroatoms. The zero-order valence-corrected chi connectivity index (χ0v) is 15.7. The van der Waals surface area contributed by atoms with Crippen LogP contribution >= 0.6 is 7.60 Å². The van der Waals surface area contributed by atoms with Gasteiger partial charge in [-0.3, -0.25) is 13.9 Å². The molecular formula is C14H27N4O5P. The van der Waals surface area contributed by atoms with Crippen LogP contribution in [0, 0.1) is 6.92 Å². The molecule has 0 unspecified atom stereocenters. The minimum atomic E-state index is -3.37. The number of aromatic nitrogens is 2. The summed E-state index contributed by atoms with van der Waals surface area (Å²) in [4.78, 5) is 16.0. The van der Waals surface area contributed by atoms with Crippen LogP contribution in [-0.4, -0.2) is 34.7 Å². The van der Waals surface area contributed by atoms with Crippen LogP contribution in [-0.2, 0) is 24.9 Å². The Morgan fingerprint density at radius 2 is 1.71 bits per heavy atom. The first-order valence-electron chi connectivity index (χ1n) is 7.71. The van der Waals surface area contributed by atoms with Crippen LogP contribution in [0.3, 0.4) is 0 Å². The molecule has 138 valence electrons. The van der Waals surface area contributed by atoms with Crippen LogP contribution in [0.2, 0.25) is 0 Å². The Kier molecular flexibility index (Phi) is 7.41. The van der Waals surface area contributed by atoms with Gasteiger partial charge in [-0.1, -0.05) is 0 Å². The van der Waals surface area contributed by atoms with Gasteiger partial charge in [0.2, 0.25) is 5.95 Å². The number of nitrogen functional groups attached to an aromatic ring is 2. The van der Waals surface area contributed by atoms with Crippen molar-refractivity contribution in [1.82, 2.24) is 9.55 Å². The van der Waals surface area contributed by atoms with E-state index in [9.17, 15) is 9.36 Å². The summed E-state index contributed by atoms with van der Waals surface area (Å²) in [5.41, 5.74) is 11.3. The summed E-state index contributed by atoms with van der Waals surface area (Å²) in [5, 5.41) is 0. The largest absolute Gasteiger partial charge is 0.383 e. The van der Waals surface area contributed by atoms with Crippen molar-refractivity contribution in [3.63, 3.8) is 0 Å². The molecule has 0 radical (unpaired) electrons. The third-order valence-electron chi connectivity index (χ3n) is 2.91. The lowest BCUT2D eigenvalue weighted by Gasteiger charge is -2.22. The Morgan fingerprint density at radius 1 is 1.17 bits per heavy atom. The summed E-state index contributed by atoms with van der Waals surface area (Å²) in [6, 6.07) is 0. The van der Waals surface area contributed by atoms with Crippen molar-refractivity contribution in [2.24, 2.45) is 0 Å². The van der Waals surface area contributed by atoms with Gasteiger partial charge in [0.15, 0.2) is 0 Å². The molecule has 1 aromatic heterocycles. The van der Waals surface area contributed by atoms with E-state index in [0.717, 1.165) is 0 Å². The average molecular weight is 362 g/mol. The van der Waals surface area contributed by atoms with Crippen LogP contribution in [0.4, 0.5) is 11.8 Å². The highest BCUT2D eigenvalue weighted by molar-refractivity contribution is 7.53. The second-order valence-corrected chi connectivity index (χ2v) is 7.80. The predicted molar refractivity (Wildman–Crippen MR) is 92.9 cm³/mol. The Hall–Kier alpha value is -1.41. The molecule has 0 aliphatic carbocycles. The van der Waals surface area contributed by atoms with Crippen molar-refractivity contribution in [2.45, 2.75) is 53.4 Å². The van der Waals surface area contributed by atoms with Crippen molar-refractivity contribution in [2.75, 3.05) is 24.4 Å². The zero-order chi connectivity index (χ0) is 18.5. The zero-order valence-electron chi connectivity index (χ0n) is 14.8. The topological polar surface area (TPSA) is 132 Å². The Morgan fingerprint density at radius 3 is 2.21 bits per heavy atom. The van der Waals surface area contributed by atoms with E-state index in [1.54, 1.807) is 34.6 Å². The molecule has 0 aliphatic heterocycles. The molecule has 0 spiro atoms. The summed E-state index contributed by atoms with van der Waals surface area (Å²) in [5.74, 6) is 0.113. The molecule has 0 atom stereocenters. The van der Waals surface area contributed by atoms with E-state index in [1.165, 1.54) is 4.57 Å². The number of nitrogens with two attached hydrogens (primary N) is 2. The third-order valence-corrected chi connectivity index (χ3v) is 4.90. The van der Waals surface area contributed by atoms with Crippen molar-refractivity contribution in [3.8, 4) is 0 Å². The monoisotopic (exact) mass is 362 g/mol. The number of ether oxygens (including phenoxy) is 1. The van der Waals surface area contributed by atoms with Gasteiger partial charge in [-0.2, -0.15) is 4.98 Å². The molecule has 0 fully saturated rings. The number of hydrogen-bond acceptors (Lipinski definition) is 8. The Labute approximate surface area is 141 Å². The van der Waals surface area contributed by atoms with E-state index >= 15 is 0 Å². The van der Waals surface area contributed by atoms with Crippen molar-refractivity contribution in [3.05, 3.63) is 15.9 Å². The molecule has 0 saturated carbocycles. The highest BCUT2D eigenvalue weighted by Crippen LogP contribution is 2.50. The Bertz CT molecular complexity index is 645. The number of nitrogens with zero attached hydrogens (tertiary/aromatic N) is 2. The van der Waals surface area contributed by atoms with Crippen molar-refractivity contribution < 1.29 is 18.3 Å². The van der Waals surface area contributed by atoms with Gasteiger partial charge in [0.25, 0.3) is 5.56 Å². The van der Waals surface area contributed by atoms with Gasteiger partial charge in [-0.15, -0.1) is 0 Å². The number of hydrogen-bond donors (Lipinski definition) is 2. The smallest absolute Gasteiger partial charge is 0.356 e. The van der Waals surface area contributed by atoms with Gasteiger partial charge in [0.05, 0.1) is 30.9 Å². The second-order valence-electron chi connectivity index (χ2n) is 5.89. The molecule has 0 bridgehead atoms. The lowest BCUT2D eigenvalue weighted by atomic mass is 10.3. The van der Waals surface area contributed by atoms with Gasteiger partial charge >= 0.3 is 7.60 Å². The lowest BCUT2D eigenvalue weighted by Crippen LogP contribution is -2.29. The van der Waals surface area contributed by atoms with Crippen LogP contribution < -0.4 is 17.0 Å². The molecule has 4 N–H and O–H groups in total. The number of rotatable bonds is 9. The molecule has 0 aromatic carbocycles. The quantitative estimate of drug-likeness (QED) is 0.501. The van der Waals surface area contributed by atoms with E-state index in [-0.39, 0.29) is 49.0 Å². The molecule has 0 saturated heterocycles. The minimum Gasteiger partial charge on any atom is -0.383 e. The first-order chi connectivity index (χ1) is 11.1. The fourth-order valence-electron chi connectivity index (χ4n) is 1.96. The van der Waals surface area contributed by atoms with Crippen LogP contribution in [0.5, 0.6) is 0 Å². The van der Waals surface area contributed by atoms with E-state index in [0.29, 0.717) is 5.56 Å². The van der Waals surface area contributed by atoms with E-state index in [4.69, 9.17) is 25.3 Å². The summed E-state index contributed by atoms with van der Waals surface area (Å²) >= 11 is 0. The molecule has 0 amide bonds. The molecule has 1 heterocycles. The standard InChI is InChI=1S/C14H27N4O5P/c1-9(2)22-24(20,23-10(3)4)8-21-7-6-18-13(19)11(5)12(15)17-14(18)16/h9-10H,6-8,15H2,1-5H3,(H2,16,17). The van der Waals surface area contributed by atoms with Crippen molar-refractivity contribution >= 4 is 19.4 Å². The average Bonchev–Trinajstić information content (AvgIpc) is 2.42. The van der Waals surface area contributed by atoms with E-state index in [1.807, 2.05) is 0 Å². The molecule has 24 heavy (non-hydrogen) atoms. The maximum atomic E-state index is 12.6. The molecule has 9 nitrogen and oxygen atoms in total. The summed E-state index contributed by atoms with van der Waals surface area (Å²) < 4.78 is 30.0. The highest BCUT2D eigenvalue weighted by Gasteiger charge is 2.28. The number of anilines is 2. The first kappa shape index (κ1) is 20.6. The SMILES string of the molecule is Cc1c(N)nc(N)n(CCOCP(=O)(OC(C)C)OC(C)C)c1=O. The summed E-state index contributed by atoms with van der Waals surface area (Å²) in [6.07, 6.45) is -0.736.